The monoisotopic (exact) mass is 338 g/mol. The highest BCUT2D eigenvalue weighted by Crippen LogP contribution is 2.28. The minimum Gasteiger partial charge on any atom is -0.342 e. The lowest BCUT2D eigenvalue weighted by Gasteiger charge is -2.31. The summed E-state index contributed by atoms with van der Waals surface area (Å²) in [5, 5.41) is 2.75. The van der Waals surface area contributed by atoms with E-state index in [2.05, 4.69) is 15.3 Å². The Bertz CT molecular complexity index is 866. The highest BCUT2D eigenvalue weighted by Gasteiger charge is 2.25. The number of piperidine rings is 1. The van der Waals surface area contributed by atoms with Gasteiger partial charge < -0.3 is 15.2 Å². The van der Waals surface area contributed by atoms with Crippen molar-refractivity contribution in [1.82, 2.24) is 14.9 Å². The number of halogens is 1. The third-order valence-electron chi connectivity index (χ3n) is 4.65. The number of nitrogens with zero attached hydrogens (tertiary/aromatic N) is 2. The minimum atomic E-state index is -0.360. The molecule has 0 atom stereocenters. The van der Waals surface area contributed by atoms with E-state index in [-0.39, 0.29) is 11.8 Å². The molecule has 0 unspecified atom stereocenters. The third kappa shape index (κ3) is 3.33. The van der Waals surface area contributed by atoms with Gasteiger partial charge in [0, 0.05) is 24.7 Å². The van der Waals surface area contributed by atoms with E-state index in [1.165, 1.54) is 12.1 Å². The summed E-state index contributed by atoms with van der Waals surface area (Å²) in [6, 6.07) is 13.7. The quantitative estimate of drug-likeness (QED) is 0.738. The summed E-state index contributed by atoms with van der Waals surface area (Å²) in [4.78, 5) is 22.2. The predicted molar refractivity (Wildman–Crippen MR) is 95.1 cm³/mol. The maximum absolute atomic E-state index is 13.2. The number of rotatable bonds is 2. The number of urea groups is 1. The second-order valence-corrected chi connectivity index (χ2v) is 6.34. The molecule has 1 fully saturated rings. The summed E-state index contributed by atoms with van der Waals surface area (Å²) in [6.07, 6.45) is 1.72. The van der Waals surface area contributed by atoms with Crippen molar-refractivity contribution in [2.75, 3.05) is 18.4 Å². The molecule has 2 heterocycles. The zero-order valence-electron chi connectivity index (χ0n) is 13.7. The van der Waals surface area contributed by atoms with Crippen LogP contribution in [0.2, 0.25) is 0 Å². The maximum Gasteiger partial charge on any atom is 0.321 e. The Morgan fingerprint density at radius 1 is 1.16 bits per heavy atom. The smallest absolute Gasteiger partial charge is 0.321 e. The molecule has 2 aromatic carbocycles. The molecular weight excluding hydrogens is 319 g/mol. The molecule has 0 bridgehead atoms. The molecule has 0 spiro atoms. The van der Waals surface area contributed by atoms with Gasteiger partial charge in [0.1, 0.15) is 11.6 Å². The van der Waals surface area contributed by atoms with Crippen LogP contribution in [-0.2, 0) is 0 Å². The van der Waals surface area contributed by atoms with Crippen LogP contribution in [0.15, 0.2) is 48.5 Å². The van der Waals surface area contributed by atoms with Gasteiger partial charge in [-0.15, -0.1) is 0 Å². The van der Waals surface area contributed by atoms with E-state index in [1.807, 2.05) is 24.3 Å². The van der Waals surface area contributed by atoms with E-state index in [0.717, 1.165) is 29.7 Å². The predicted octanol–water partition coefficient (Wildman–Crippen LogP) is 4.11. The molecule has 3 aromatic rings. The number of nitrogens with one attached hydrogen (secondary N) is 2. The Balaban J connectivity index is 1.38. The van der Waals surface area contributed by atoms with Gasteiger partial charge in [0.25, 0.3) is 0 Å². The molecule has 0 saturated carbocycles. The highest BCUT2D eigenvalue weighted by molar-refractivity contribution is 5.89. The van der Waals surface area contributed by atoms with Gasteiger partial charge in [-0.05, 0) is 43.2 Å². The molecule has 128 valence electrons. The number of benzene rings is 2. The lowest BCUT2D eigenvalue weighted by molar-refractivity contribution is 0.193. The molecule has 1 aromatic heterocycles. The van der Waals surface area contributed by atoms with Crippen molar-refractivity contribution >= 4 is 22.8 Å². The largest absolute Gasteiger partial charge is 0.342 e. The molecule has 1 saturated heterocycles. The van der Waals surface area contributed by atoms with E-state index >= 15 is 0 Å². The van der Waals surface area contributed by atoms with E-state index in [1.54, 1.807) is 17.0 Å². The van der Waals surface area contributed by atoms with Crippen LogP contribution in [0.25, 0.3) is 11.0 Å². The SMILES string of the molecule is O=C(Nc1cccc(F)c1)N1CCC(c2nc3ccccc3[nH]2)CC1. The molecule has 0 radical (unpaired) electrons. The van der Waals surface area contributed by atoms with Crippen LogP contribution in [-0.4, -0.2) is 34.0 Å². The zero-order valence-corrected chi connectivity index (χ0v) is 13.7. The number of carbonyl (C=O) groups excluding carboxylic acids is 1. The van der Waals surface area contributed by atoms with Gasteiger partial charge in [0.05, 0.1) is 11.0 Å². The van der Waals surface area contributed by atoms with Crippen molar-refractivity contribution in [1.29, 1.82) is 0 Å². The van der Waals surface area contributed by atoms with Crippen molar-refractivity contribution in [2.45, 2.75) is 18.8 Å². The summed E-state index contributed by atoms with van der Waals surface area (Å²) in [7, 11) is 0. The molecule has 25 heavy (non-hydrogen) atoms. The van der Waals surface area contributed by atoms with Gasteiger partial charge in [-0.2, -0.15) is 0 Å². The van der Waals surface area contributed by atoms with Gasteiger partial charge in [-0.3, -0.25) is 0 Å². The van der Waals surface area contributed by atoms with Crippen LogP contribution in [0, 0.1) is 5.82 Å². The summed E-state index contributed by atoms with van der Waals surface area (Å²) in [5.41, 5.74) is 2.50. The average molecular weight is 338 g/mol. The van der Waals surface area contributed by atoms with Gasteiger partial charge in [-0.1, -0.05) is 18.2 Å². The van der Waals surface area contributed by atoms with Crippen LogP contribution in [0.5, 0.6) is 0 Å². The molecule has 1 aliphatic heterocycles. The van der Waals surface area contributed by atoms with Gasteiger partial charge in [0.15, 0.2) is 0 Å². The molecule has 2 amide bonds. The first-order chi connectivity index (χ1) is 12.2. The lowest BCUT2D eigenvalue weighted by atomic mass is 9.96. The Morgan fingerprint density at radius 2 is 1.96 bits per heavy atom. The fourth-order valence-electron chi connectivity index (χ4n) is 3.29. The van der Waals surface area contributed by atoms with Crippen molar-refractivity contribution < 1.29 is 9.18 Å². The highest BCUT2D eigenvalue weighted by atomic mass is 19.1. The fraction of sp³-hybridized carbons (Fsp3) is 0.263. The normalized spacial score (nSPS) is 15.5. The average Bonchev–Trinajstić information content (AvgIpc) is 3.06. The van der Waals surface area contributed by atoms with Crippen molar-refractivity contribution in [2.24, 2.45) is 0 Å². The number of para-hydroxylation sites is 2. The van der Waals surface area contributed by atoms with Crippen molar-refractivity contribution in [3.63, 3.8) is 0 Å². The fourth-order valence-corrected chi connectivity index (χ4v) is 3.29. The second kappa shape index (κ2) is 6.55. The summed E-state index contributed by atoms with van der Waals surface area (Å²) >= 11 is 0. The van der Waals surface area contributed by atoms with Gasteiger partial charge in [-0.25, -0.2) is 14.2 Å². The van der Waals surface area contributed by atoms with Crippen LogP contribution in [0.4, 0.5) is 14.9 Å². The number of H-pyrrole nitrogens is 1. The van der Waals surface area contributed by atoms with E-state index in [4.69, 9.17) is 0 Å². The molecule has 0 aliphatic carbocycles. The van der Waals surface area contributed by atoms with Crippen molar-refractivity contribution in [3.8, 4) is 0 Å². The summed E-state index contributed by atoms with van der Waals surface area (Å²) in [5.74, 6) is 0.957. The Hall–Kier alpha value is -2.89. The lowest BCUT2D eigenvalue weighted by Crippen LogP contribution is -2.40. The molecular formula is C19H19FN4O. The van der Waals surface area contributed by atoms with E-state index in [0.29, 0.717) is 24.7 Å². The number of fused-ring (bicyclic) bond motifs is 1. The molecule has 2 N–H and O–H groups in total. The second-order valence-electron chi connectivity index (χ2n) is 6.34. The molecule has 4 rings (SSSR count). The topological polar surface area (TPSA) is 61.0 Å². The van der Waals surface area contributed by atoms with Crippen LogP contribution in [0.3, 0.4) is 0 Å². The van der Waals surface area contributed by atoms with Crippen LogP contribution < -0.4 is 5.32 Å². The Morgan fingerprint density at radius 3 is 2.72 bits per heavy atom. The van der Waals surface area contributed by atoms with Crippen molar-refractivity contribution in [3.05, 3.63) is 60.2 Å². The standard InChI is InChI=1S/C19H19FN4O/c20-14-4-3-5-15(12-14)21-19(25)24-10-8-13(9-11-24)18-22-16-6-1-2-7-17(16)23-18/h1-7,12-13H,8-11H2,(H,21,25)(H,22,23). The van der Waals surface area contributed by atoms with Crippen LogP contribution in [0.1, 0.15) is 24.6 Å². The van der Waals surface area contributed by atoms with Gasteiger partial charge in [0.2, 0.25) is 0 Å². The number of anilines is 1. The number of hydrogen-bond acceptors (Lipinski definition) is 2. The number of imidazole rings is 1. The number of aromatic amines is 1. The number of amides is 2. The van der Waals surface area contributed by atoms with E-state index < -0.39 is 0 Å². The number of aromatic nitrogens is 2. The first-order valence-electron chi connectivity index (χ1n) is 8.45. The van der Waals surface area contributed by atoms with Crippen LogP contribution >= 0.6 is 0 Å². The maximum atomic E-state index is 13.2. The number of hydrogen-bond donors (Lipinski definition) is 2. The third-order valence-corrected chi connectivity index (χ3v) is 4.65. The first kappa shape index (κ1) is 15.6. The number of carbonyl (C=O) groups is 1. The minimum absolute atomic E-state index is 0.186. The molecule has 1 aliphatic rings. The summed E-state index contributed by atoms with van der Waals surface area (Å²) in [6.45, 7) is 1.31. The molecule has 6 heteroatoms. The molecule has 5 nitrogen and oxygen atoms in total. The number of likely N-dealkylation sites (tertiary alicyclic amines) is 1. The zero-order chi connectivity index (χ0) is 17.2. The summed E-state index contributed by atoms with van der Waals surface area (Å²) < 4.78 is 13.2. The first-order valence-corrected chi connectivity index (χ1v) is 8.45. The van der Waals surface area contributed by atoms with Gasteiger partial charge >= 0.3 is 6.03 Å². The Labute approximate surface area is 144 Å². The Kier molecular flexibility index (Phi) is 4.09. The van der Waals surface area contributed by atoms with E-state index in [9.17, 15) is 9.18 Å².